The van der Waals surface area contributed by atoms with Crippen LogP contribution in [0, 0.1) is 20.8 Å². The van der Waals surface area contributed by atoms with Gasteiger partial charge in [-0.25, -0.2) is 0 Å². The smallest absolute Gasteiger partial charge is 0.196 e. The van der Waals surface area contributed by atoms with E-state index in [9.17, 15) is 4.79 Å². The van der Waals surface area contributed by atoms with Gasteiger partial charge in [0.05, 0.1) is 11.4 Å². The molecule has 0 aliphatic carbocycles. The first-order chi connectivity index (χ1) is 8.08. The third kappa shape index (κ3) is 2.36. The topological polar surface area (TPSA) is 55.7 Å². The molecule has 2 aromatic rings. The Hall–Kier alpha value is -2.10. The molecule has 0 radical (unpaired) electrons. The summed E-state index contributed by atoms with van der Waals surface area (Å²) in [5, 5.41) is 7.86. The van der Waals surface area contributed by atoms with Gasteiger partial charge in [0.2, 0.25) is 0 Å². The first-order valence-electron chi connectivity index (χ1n) is 5.36. The Kier molecular flexibility index (Phi) is 2.95. The first-order valence-corrected chi connectivity index (χ1v) is 5.36. The Morgan fingerprint density at radius 3 is 2.47 bits per heavy atom. The van der Waals surface area contributed by atoms with Crippen molar-refractivity contribution in [3.63, 3.8) is 0 Å². The zero-order valence-corrected chi connectivity index (χ0v) is 10.1. The highest BCUT2D eigenvalue weighted by Gasteiger charge is 2.13. The molecular formula is C13H13N3O. The predicted molar refractivity (Wildman–Crippen MR) is 63.9 cm³/mol. The van der Waals surface area contributed by atoms with E-state index in [0.29, 0.717) is 16.8 Å². The molecular weight excluding hydrogens is 214 g/mol. The van der Waals surface area contributed by atoms with Crippen molar-refractivity contribution in [3.8, 4) is 0 Å². The first kappa shape index (κ1) is 11.4. The minimum atomic E-state index is -0.0620. The van der Waals surface area contributed by atoms with E-state index in [2.05, 4.69) is 15.2 Å². The molecule has 0 atom stereocenters. The third-order valence-corrected chi connectivity index (χ3v) is 2.52. The van der Waals surface area contributed by atoms with Gasteiger partial charge in [0.25, 0.3) is 0 Å². The fourth-order valence-electron chi connectivity index (χ4n) is 1.54. The number of hydrogen-bond donors (Lipinski definition) is 0. The molecule has 4 heteroatoms. The quantitative estimate of drug-likeness (QED) is 0.736. The van der Waals surface area contributed by atoms with E-state index in [1.807, 2.05) is 19.9 Å². The standard InChI is InChI=1S/C13H13N3O/c1-8-4-5-11(7-14-8)13(17)12-6-9(2)15-16-10(12)3/h4-7H,1-3H3. The van der Waals surface area contributed by atoms with Crippen LogP contribution in [0.25, 0.3) is 0 Å². The largest absolute Gasteiger partial charge is 0.288 e. The van der Waals surface area contributed by atoms with E-state index in [1.165, 1.54) is 0 Å². The second-order valence-electron chi connectivity index (χ2n) is 4.00. The summed E-state index contributed by atoms with van der Waals surface area (Å²) in [7, 11) is 0. The van der Waals surface area contributed by atoms with Crippen LogP contribution < -0.4 is 0 Å². The van der Waals surface area contributed by atoms with Crippen LogP contribution in [0.15, 0.2) is 24.4 Å². The summed E-state index contributed by atoms with van der Waals surface area (Å²) < 4.78 is 0. The monoisotopic (exact) mass is 227 g/mol. The molecule has 0 saturated heterocycles. The summed E-state index contributed by atoms with van der Waals surface area (Å²) in [5.41, 5.74) is 3.43. The Morgan fingerprint density at radius 2 is 1.82 bits per heavy atom. The maximum Gasteiger partial charge on any atom is 0.196 e. The van der Waals surface area contributed by atoms with Crippen LogP contribution in [-0.4, -0.2) is 21.0 Å². The van der Waals surface area contributed by atoms with Crippen molar-refractivity contribution in [2.45, 2.75) is 20.8 Å². The normalized spacial score (nSPS) is 10.3. The third-order valence-electron chi connectivity index (χ3n) is 2.52. The minimum absolute atomic E-state index is 0.0620. The van der Waals surface area contributed by atoms with E-state index < -0.39 is 0 Å². The van der Waals surface area contributed by atoms with Crippen LogP contribution in [-0.2, 0) is 0 Å². The number of carbonyl (C=O) groups excluding carboxylic acids is 1. The zero-order chi connectivity index (χ0) is 12.4. The maximum atomic E-state index is 12.2. The number of nitrogens with zero attached hydrogens (tertiary/aromatic N) is 3. The molecule has 2 aromatic heterocycles. The van der Waals surface area contributed by atoms with Crippen molar-refractivity contribution < 1.29 is 4.79 Å². The van der Waals surface area contributed by atoms with Crippen LogP contribution in [0.4, 0.5) is 0 Å². The predicted octanol–water partition coefficient (Wildman–Crippen LogP) is 2.03. The van der Waals surface area contributed by atoms with Crippen LogP contribution >= 0.6 is 0 Å². The van der Waals surface area contributed by atoms with Gasteiger partial charge < -0.3 is 0 Å². The van der Waals surface area contributed by atoms with Crippen molar-refractivity contribution in [3.05, 3.63) is 52.6 Å². The molecule has 0 amide bonds. The fourth-order valence-corrected chi connectivity index (χ4v) is 1.54. The molecule has 2 heterocycles. The second kappa shape index (κ2) is 4.41. The highest BCUT2D eigenvalue weighted by Crippen LogP contribution is 2.12. The maximum absolute atomic E-state index is 12.2. The molecule has 0 bridgehead atoms. The number of carbonyl (C=O) groups is 1. The van der Waals surface area contributed by atoms with Crippen LogP contribution in [0.2, 0.25) is 0 Å². The van der Waals surface area contributed by atoms with Crippen molar-refractivity contribution >= 4 is 5.78 Å². The zero-order valence-electron chi connectivity index (χ0n) is 10.1. The molecule has 0 aliphatic heterocycles. The lowest BCUT2D eigenvalue weighted by Gasteiger charge is -2.04. The Bertz CT molecular complexity index is 561. The SMILES string of the molecule is Cc1ccc(C(=O)c2cc(C)nnc2C)cn1. The van der Waals surface area contributed by atoms with Gasteiger partial charge in [-0.05, 0) is 39.0 Å². The summed E-state index contributed by atoms with van der Waals surface area (Å²) in [4.78, 5) is 16.3. The van der Waals surface area contributed by atoms with Gasteiger partial charge in [0.15, 0.2) is 5.78 Å². The van der Waals surface area contributed by atoms with Gasteiger partial charge in [-0.3, -0.25) is 9.78 Å². The number of hydrogen-bond acceptors (Lipinski definition) is 4. The van der Waals surface area contributed by atoms with Gasteiger partial charge in [0, 0.05) is 23.0 Å². The van der Waals surface area contributed by atoms with Gasteiger partial charge in [0.1, 0.15) is 0 Å². The van der Waals surface area contributed by atoms with E-state index in [-0.39, 0.29) is 5.78 Å². The van der Waals surface area contributed by atoms with Gasteiger partial charge >= 0.3 is 0 Å². The van der Waals surface area contributed by atoms with Crippen molar-refractivity contribution in [1.29, 1.82) is 0 Å². The van der Waals surface area contributed by atoms with E-state index in [4.69, 9.17) is 0 Å². The van der Waals surface area contributed by atoms with E-state index >= 15 is 0 Å². The summed E-state index contributed by atoms with van der Waals surface area (Å²) in [6.45, 7) is 5.48. The molecule has 2 rings (SSSR count). The van der Waals surface area contributed by atoms with E-state index in [1.54, 1.807) is 25.3 Å². The second-order valence-corrected chi connectivity index (χ2v) is 4.00. The van der Waals surface area contributed by atoms with Crippen molar-refractivity contribution in [2.24, 2.45) is 0 Å². The molecule has 86 valence electrons. The highest BCUT2D eigenvalue weighted by molar-refractivity contribution is 6.09. The molecule has 17 heavy (non-hydrogen) atoms. The summed E-state index contributed by atoms with van der Waals surface area (Å²) in [5.74, 6) is -0.0620. The molecule has 0 unspecified atom stereocenters. The molecule has 0 fully saturated rings. The highest BCUT2D eigenvalue weighted by atomic mass is 16.1. The number of aromatic nitrogens is 3. The van der Waals surface area contributed by atoms with Gasteiger partial charge in [-0.15, -0.1) is 0 Å². The number of pyridine rings is 1. The molecule has 0 aliphatic rings. The lowest BCUT2D eigenvalue weighted by atomic mass is 10.0. The Balaban J connectivity index is 2.43. The van der Waals surface area contributed by atoms with Crippen molar-refractivity contribution in [1.82, 2.24) is 15.2 Å². The summed E-state index contributed by atoms with van der Waals surface area (Å²) in [6, 6.07) is 5.36. The van der Waals surface area contributed by atoms with Gasteiger partial charge in [-0.1, -0.05) is 0 Å². The molecule has 4 nitrogen and oxygen atoms in total. The minimum Gasteiger partial charge on any atom is -0.288 e. The Morgan fingerprint density at radius 1 is 1.06 bits per heavy atom. The summed E-state index contributed by atoms with van der Waals surface area (Å²) >= 11 is 0. The molecule has 0 spiro atoms. The lowest BCUT2D eigenvalue weighted by Crippen LogP contribution is -2.07. The average molecular weight is 227 g/mol. The van der Waals surface area contributed by atoms with Crippen LogP contribution in [0.3, 0.4) is 0 Å². The van der Waals surface area contributed by atoms with Crippen molar-refractivity contribution in [2.75, 3.05) is 0 Å². The fraction of sp³-hybridized carbons (Fsp3) is 0.231. The number of ketones is 1. The molecule has 0 aromatic carbocycles. The van der Waals surface area contributed by atoms with Gasteiger partial charge in [-0.2, -0.15) is 10.2 Å². The lowest BCUT2D eigenvalue weighted by molar-refractivity contribution is 0.103. The van der Waals surface area contributed by atoms with Crippen LogP contribution in [0.5, 0.6) is 0 Å². The average Bonchev–Trinajstić information content (AvgIpc) is 2.32. The van der Waals surface area contributed by atoms with Crippen LogP contribution in [0.1, 0.15) is 33.0 Å². The number of rotatable bonds is 2. The van der Waals surface area contributed by atoms with E-state index in [0.717, 1.165) is 11.4 Å². The Labute approximate surface area is 99.7 Å². The molecule has 0 N–H and O–H groups in total. The summed E-state index contributed by atoms with van der Waals surface area (Å²) in [6.07, 6.45) is 1.59. The molecule has 0 saturated carbocycles. The number of aryl methyl sites for hydroxylation is 3.